The third-order valence-electron chi connectivity index (χ3n) is 2.34. The molecule has 5 nitrogen and oxygen atoms in total. The van der Waals surface area contributed by atoms with E-state index in [9.17, 15) is 34.3 Å². The maximum atomic E-state index is 12.6. The molecule has 0 saturated heterocycles. The summed E-state index contributed by atoms with van der Waals surface area (Å²) >= 11 is 0. The second kappa shape index (κ2) is 4.55. The van der Waals surface area contributed by atoms with Gasteiger partial charge in [-0.05, 0) is 13.0 Å². The van der Waals surface area contributed by atoms with Crippen molar-refractivity contribution < 1.29 is 33.9 Å². The topological polar surface area (TPSA) is 69.4 Å². The molecule has 1 aromatic carbocycles. The smallest absolute Gasteiger partial charge is 0.310 e. The molecule has 0 amide bonds. The van der Waals surface area contributed by atoms with E-state index < -0.39 is 43.7 Å². The molecule has 1 rings (SSSR count). The van der Waals surface area contributed by atoms with Crippen molar-refractivity contribution in [2.45, 2.75) is 18.2 Å². The minimum absolute atomic E-state index is 0.0170. The van der Waals surface area contributed by atoms with E-state index in [1.807, 2.05) is 0 Å². The molecule has 0 heterocycles. The lowest BCUT2D eigenvalue weighted by Crippen LogP contribution is -2.11. The number of carbonyl (C=O) groups excluding carboxylic acids is 1. The van der Waals surface area contributed by atoms with E-state index in [0.717, 1.165) is 0 Å². The number of nitro benzene ring substituents is 1. The summed E-state index contributed by atoms with van der Waals surface area (Å²) in [6.45, 7) is 1.43. The quantitative estimate of drug-likeness (QED) is 0.347. The SMILES string of the molecule is CCOC(=O)Cc1ccc(S(F)(F)(F)(F)F)cc1[N+](=O)[O-]. The Balaban J connectivity index is 3.34. The van der Waals surface area contributed by atoms with Gasteiger partial charge in [0.05, 0.1) is 18.0 Å². The van der Waals surface area contributed by atoms with Gasteiger partial charge in [-0.25, -0.2) is 0 Å². The predicted octanol–water partition coefficient (Wildman–Crippen LogP) is 4.36. The maximum Gasteiger partial charge on any atom is 0.310 e. The predicted molar refractivity (Wildman–Crippen MR) is 64.8 cm³/mol. The Morgan fingerprint density at radius 2 is 1.86 bits per heavy atom. The van der Waals surface area contributed by atoms with Crippen molar-refractivity contribution in [3.05, 3.63) is 33.9 Å². The third kappa shape index (κ3) is 4.55. The van der Waals surface area contributed by atoms with Gasteiger partial charge in [-0.3, -0.25) is 14.9 Å². The molecule has 120 valence electrons. The molecular formula is C10H10F5NO4S. The van der Waals surface area contributed by atoms with Gasteiger partial charge >= 0.3 is 16.2 Å². The van der Waals surface area contributed by atoms with Crippen molar-refractivity contribution in [2.75, 3.05) is 6.61 Å². The van der Waals surface area contributed by atoms with Crippen LogP contribution in [0.1, 0.15) is 12.5 Å². The molecule has 0 bridgehead atoms. The van der Waals surface area contributed by atoms with Crippen LogP contribution in [-0.4, -0.2) is 17.5 Å². The van der Waals surface area contributed by atoms with E-state index in [2.05, 4.69) is 4.74 Å². The number of carbonyl (C=O) groups is 1. The van der Waals surface area contributed by atoms with Gasteiger partial charge < -0.3 is 4.74 Å². The lowest BCUT2D eigenvalue weighted by molar-refractivity contribution is -0.385. The molecule has 0 unspecified atom stereocenters. The Morgan fingerprint density at radius 3 is 2.29 bits per heavy atom. The third-order valence-corrected chi connectivity index (χ3v) is 3.48. The van der Waals surface area contributed by atoms with Gasteiger partial charge in [0.15, 0.2) is 0 Å². The van der Waals surface area contributed by atoms with Gasteiger partial charge in [-0.15, -0.1) is 0 Å². The maximum absolute atomic E-state index is 12.6. The van der Waals surface area contributed by atoms with Crippen LogP contribution in [-0.2, 0) is 16.0 Å². The van der Waals surface area contributed by atoms with Gasteiger partial charge in [0.1, 0.15) is 4.90 Å². The molecule has 1 aromatic rings. The molecule has 0 aliphatic carbocycles. The van der Waals surface area contributed by atoms with Crippen molar-refractivity contribution in [1.29, 1.82) is 0 Å². The van der Waals surface area contributed by atoms with E-state index in [-0.39, 0.29) is 18.7 Å². The lowest BCUT2D eigenvalue weighted by atomic mass is 10.1. The molecule has 11 heteroatoms. The number of esters is 1. The van der Waals surface area contributed by atoms with E-state index in [4.69, 9.17) is 0 Å². The first-order chi connectivity index (χ1) is 9.24. The van der Waals surface area contributed by atoms with Crippen LogP contribution in [0.2, 0.25) is 0 Å². The fourth-order valence-electron chi connectivity index (χ4n) is 1.47. The Kier molecular flexibility index (Phi) is 3.71. The first kappa shape index (κ1) is 17.1. The number of rotatable bonds is 5. The van der Waals surface area contributed by atoms with Crippen LogP contribution in [0.15, 0.2) is 23.1 Å². The van der Waals surface area contributed by atoms with Crippen molar-refractivity contribution >= 4 is 21.9 Å². The zero-order valence-corrected chi connectivity index (χ0v) is 11.3. The molecule has 0 N–H and O–H groups in total. The second-order valence-electron chi connectivity index (χ2n) is 4.00. The second-order valence-corrected chi connectivity index (χ2v) is 6.41. The summed E-state index contributed by atoms with van der Waals surface area (Å²) in [7, 11) is -10.0. The molecule has 0 fully saturated rings. The average molecular weight is 335 g/mol. The van der Waals surface area contributed by atoms with Crippen molar-refractivity contribution in [3.63, 3.8) is 0 Å². The summed E-state index contributed by atoms with van der Waals surface area (Å²) in [6, 6.07) is 0.224. The number of halogens is 5. The van der Waals surface area contributed by atoms with E-state index in [1.165, 1.54) is 6.92 Å². The van der Waals surface area contributed by atoms with E-state index in [1.54, 1.807) is 0 Å². The van der Waals surface area contributed by atoms with Gasteiger partial charge in [0.25, 0.3) is 5.69 Å². The normalized spacial score (nSPS) is 15.0. The molecular weight excluding hydrogens is 325 g/mol. The van der Waals surface area contributed by atoms with Gasteiger partial charge in [-0.2, -0.15) is 0 Å². The van der Waals surface area contributed by atoms with E-state index in [0.29, 0.717) is 6.07 Å². The summed E-state index contributed by atoms with van der Waals surface area (Å²) in [5.41, 5.74) is -1.65. The highest BCUT2D eigenvalue weighted by Crippen LogP contribution is 3.02. The van der Waals surface area contributed by atoms with Gasteiger partial charge in [0.2, 0.25) is 0 Å². The highest BCUT2D eigenvalue weighted by Gasteiger charge is 2.65. The number of nitro groups is 1. The van der Waals surface area contributed by atoms with Gasteiger partial charge in [-0.1, -0.05) is 25.5 Å². The van der Waals surface area contributed by atoms with Crippen molar-refractivity contribution in [2.24, 2.45) is 0 Å². The minimum atomic E-state index is -10.0. The monoisotopic (exact) mass is 335 g/mol. The molecule has 0 radical (unpaired) electrons. The lowest BCUT2D eigenvalue weighted by Gasteiger charge is -2.40. The summed E-state index contributed by atoms with van der Waals surface area (Å²) in [5, 5.41) is 10.7. The van der Waals surface area contributed by atoms with Crippen LogP contribution in [0.5, 0.6) is 0 Å². The molecule has 0 atom stereocenters. The molecule has 0 aromatic heterocycles. The van der Waals surface area contributed by atoms with E-state index >= 15 is 0 Å². The standard InChI is InChI=1S/C10H10F5NO4S/c1-2-20-10(17)5-7-3-4-8(6-9(7)16(18)19)21(11,12,13,14)15/h3-4,6H,2,5H2,1H3. The summed E-state index contributed by atoms with van der Waals surface area (Å²) < 4.78 is 67.5. The molecule has 0 aliphatic rings. The Labute approximate surface area is 115 Å². The number of hydrogen-bond donors (Lipinski definition) is 0. The summed E-state index contributed by atoms with van der Waals surface area (Å²) in [6.07, 6.45) is -0.690. The van der Waals surface area contributed by atoms with Crippen LogP contribution in [0.4, 0.5) is 25.1 Å². The highest BCUT2D eigenvalue weighted by atomic mass is 32.5. The highest BCUT2D eigenvalue weighted by molar-refractivity contribution is 8.45. The molecule has 0 spiro atoms. The largest absolute Gasteiger partial charge is 0.466 e. The van der Waals surface area contributed by atoms with Crippen LogP contribution >= 0.6 is 10.2 Å². The fraction of sp³-hybridized carbons (Fsp3) is 0.300. The fourth-order valence-corrected chi connectivity index (χ4v) is 2.13. The number of ether oxygens (including phenoxy) is 1. The zero-order valence-electron chi connectivity index (χ0n) is 10.5. The molecule has 21 heavy (non-hydrogen) atoms. The molecule has 0 aliphatic heterocycles. The number of benzene rings is 1. The zero-order chi connectivity index (χ0) is 16.5. The minimum Gasteiger partial charge on any atom is -0.466 e. The molecule has 0 saturated carbocycles. The Bertz CT molecular complexity index is 601. The summed E-state index contributed by atoms with van der Waals surface area (Å²) in [5.74, 6) is -0.916. The van der Waals surface area contributed by atoms with Crippen molar-refractivity contribution in [3.8, 4) is 0 Å². The Morgan fingerprint density at radius 1 is 1.29 bits per heavy atom. The first-order valence-electron chi connectivity index (χ1n) is 5.41. The van der Waals surface area contributed by atoms with Crippen LogP contribution in [0.25, 0.3) is 0 Å². The number of hydrogen-bond acceptors (Lipinski definition) is 4. The number of nitrogens with zero attached hydrogens (tertiary/aromatic N) is 1. The van der Waals surface area contributed by atoms with Crippen LogP contribution < -0.4 is 0 Å². The van der Waals surface area contributed by atoms with Crippen LogP contribution in [0.3, 0.4) is 0 Å². The van der Waals surface area contributed by atoms with Gasteiger partial charge in [0, 0.05) is 11.6 Å². The van der Waals surface area contributed by atoms with Crippen molar-refractivity contribution in [1.82, 2.24) is 0 Å². The summed E-state index contributed by atoms with van der Waals surface area (Å²) in [4.78, 5) is 18.2. The Hall–Kier alpha value is -1.91. The first-order valence-corrected chi connectivity index (χ1v) is 7.36. The average Bonchev–Trinajstić information content (AvgIpc) is 2.25. The van der Waals surface area contributed by atoms with Crippen LogP contribution in [0, 0.1) is 10.1 Å².